The van der Waals surface area contributed by atoms with Gasteiger partial charge in [0.25, 0.3) is 5.91 Å². The van der Waals surface area contributed by atoms with Gasteiger partial charge in [0.15, 0.2) is 5.82 Å². The maximum Gasteiger partial charge on any atom is 0.254 e. The number of aromatic nitrogens is 3. The van der Waals surface area contributed by atoms with Gasteiger partial charge in [0.1, 0.15) is 5.82 Å². The van der Waals surface area contributed by atoms with Crippen LogP contribution in [0.4, 0.5) is 0 Å². The van der Waals surface area contributed by atoms with Crippen molar-refractivity contribution in [3.63, 3.8) is 0 Å². The topological polar surface area (TPSA) is 82.1 Å². The summed E-state index contributed by atoms with van der Waals surface area (Å²) < 4.78 is 0. The molecule has 1 atom stereocenters. The number of aromatic amines is 1. The number of aliphatic hydroxyl groups is 1. The summed E-state index contributed by atoms with van der Waals surface area (Å²) in [5.74, 6) is 1.59. The lowest BCUT2D eigenvalue weighted by Crippen LogP contribution is -2.35. The molecule has 128 valence electrons. The number of aryl methyl sites for hydroxylation is 1. The number of nitrogens with one attached hydrogen (secondary N) is 1. The number of H-pyrrole nitrogens is 1. The van der Waals surface area contributed by atoms with Crippen LogP contribution in [0.1, 0.15) is 48.8 Å². The fraction of sp³-hybridized carbons (Fsp3) is 0.500. The normalized spacial score (nSPS) is 17.4. The summed E-state index contributed by atoms with van der Waals surface area (Å²) in [5, 5.41) is 16.1. The van der Waals surface area contributed by atoms with Crippen molar-refractivity contribution in [2.24, 2.45) is 0 Å². The van der Waals surface area contributed by atoms with Crippen LogP contribution < -0.4 is 0 Å². The lowest BCUT2D eigenvalue weighted by molar-refractivity contribution is 0.0724. The number of carbonyl (C=O) groups excluding carboxylic acids is 1. The molecule has 2 N–H and O–H groups in total. The molecule has 0 radical (unpaired) electrons. The molecule has 1 unspecified atom stereocenters. The van der Waals surface area contributed by atoms with Crippen LogP contribution in [0.5, 0.6) is 0 Å². The summed E-state index contributed by atoms with van der Waals surface area (Å²) in [6, 6.07) is 7.75. The van der Waals surface area contributed by atoms with E-state index in [1.165, 1.54) is 0 Å². The van der Waals surface area contributed by atoms with E-state index in [0.717, 1.165) is 50.0 Å². The molecular formula is C18H24N4O2. The van der Waals surface area contributed by atoms with E-state index in [2.05, 4.69) is 15.2 Å². The molecule has 0 bridgehead atoms. The number of amides is 1. The Balaban J connectivity index is 1.71. The maximum atomic E-state index is 12.7. The third kappa shape index (κ3) is 3.48. The highest BCUT2D eigenvalue weighted by molar-refractivity contribution is 5.95. The van der Waals surface area contributed by atoms with Crippen molar-refractivity contribution in [2.45, 2.75) is 45.1 Å². The highest BCUT2D eigenvalue weighted by Crippen LogP contribution is 2.24. The Hall–Kier alpha value is -2.21. The maximum absolute atomic E-state index is 12.7. The molecule has 0 aliphatic carbocycles. The molecule has 1 amide bonds. The number of rotatable bonds is 6. The Labute approximate surface area is 141 Å². The summed E-state index contributed by atoms with van der Waals surface area (Å²) in [7, 11) is 0. The Morgan fingerprint density at radius 1 is 1.38 bits per heavy atom. The van der Waals surface area contributed by atoms with Gasteiger partial charge in [-0.1, -0.05) is 19.1 Å². The van der Waals surface area contributed by atoms with Gasteiger partial charge < -0.3 is 10.0 Å². The summed E-state index contributed by atoms with van der Waals surface area (Å²) >= 11 is 0. The molecule has 6 nitrogen and oxygen atoms in total. The average Bonchev–Trinajstić information content (AvgIpc) is 3.28. The second-order valence-electron chi connectivity index (χ2n) is 6.20. The molecule has 3 rings (SSSR count). The first-order chi connectivity index (χ1) is 11.7. The number of nitrogens with zero attached hydrogens (tertiary/aromatic N) is 3. The number of hydrogen-bond acceptors (Lipinski definition) is 4. The van der Waals surface area contributed by atoms with Gasteiger partial charge in [-0.15, -0.1) is 0 Å². The fourth-order valence-corrected chi connectivity index (χ4v) is 3.24. The van der Waals surface area contributed by atoms with Crippen LogP contribution in [0.3, 0.4) is 0 Å². The predicted molar refractivity (Wildman–Crippen MR) is 91.6 cm³/mol. The molecule has 1 aromatic heterocycles. The molecule has 0 saturated carbocycles. The lowest BCUT2D eigenvalue weighted by Gasteiger charge is -2.24. The summed E-state index contributed by atoms with van der Waals surface area (Å²) in [4.78, 5) is 19.1. The third-order valence-electron chi connectivity index (χ3n) is 4.59. The van der Waals surface area contributed by atoms with Crippen LogP contribution in [0.15, 0.2) is 24.3 Å². The zero-order valence-corrected chi connectivity index (χ0v) is 14.0. The zero-order chi connectivity index (χ0) is 16.9. The van der Waals surface area contributed by atoms with Crippen molar-refractivity contribution in [2.75, 3.05) is 13.2 Å². The number of benzene rings is 1. The van der Waals surface area contributed by atoms with E-state index in [0.29, 0.717) is 11.4 Å². The number of aliphatic hydroxyl groups excluding tert-OH is 1. The van der Waals surface area contributed by atoms with Crippen LogP contribution >= 0.6 is 0 Å². The Morgan fingerprint density at radius 3 is 2.83 bits per heavy atom. The quantitative estimate of drug-likeness (QED) is 0.853. The van der Waals surface area contributed by atoms with E-state index in [-0.39, 0.29) is 18.6 Å². The molecule has 1 aliphatic heterocycles. The van der Waals surface area contributed by atoms with Crippen LogP contribution in [-0.2, 0) is 6.42 Å². The fourth-order valence-electron chi connectivity index (χ4n) is 3.24. The van der Waals surface area contributed by atoms with Crippen LogP contribution in [-0.4, -0.2) is 50.3 Å². The van der Waals surface area contributed by atoms with Crippen LogP contribution in [0.2, 0.25) is 0 Å². The van der Waals surface area contributed by atoms with Gasteiger partial charge in [-0.3, -0.25) is 9.89 Å². The third-order valence-corrected chi connectivity index (χ3v) is 4.59. The van der Waals surface area contributed by atoms with E-state index >= 15 is 0 Å². The molecule has 1 saturated heterocycles. The van der Waals surface area contributed by atoms with Crippen molar-refractivity contribution in [1.29, 1.82) is 0 Å². The van der Waals surface area contributed by atoms with Gasteiger partial charge in [-0.25, -0.2) is 4.98 Å². The molecule has 6 heteroatoms. The SMILES string of the molecule is CCc1nc(-c2ccc(C(=O)N3CCCC3CCCO)cc2)n[nH]1. The first-order valence-electron chi connectivity index (χ1n) is 8.66. The minimum atomic E-state index is 0.0752. The Kier molecular flexibility index (Phi) is 5.25. The molecule has 2 aromatic rings. The summed E-state index contributed by atoms with van der Waals surface area (Å²) in [6.07, 6.45) is 4.50. The lowest BCUT2D eigenvalue weighted by atomic mass is 10.1. The van der Waals surface area contributed by atoms with Crippen molar-refractivity contribution in [3.8, 4) is 11.4 Å². The molecular weight excluding hydrogens is 304 g/mol. The van der Waals surface area contributed by atoms with Crippen molar-refractivity contribution < 1.29 is 9.90 Å². The molecule has 24 heavy (non-hydrogen) atoms. The first kappa shape index (κ1) is 16.6. The first-order valence-corrected chi connectivity index (χ1v) is 8.66. The second-order valence-corrected chi connectivity index (χ2v) is 6.20. The van der Waals surface area contributed by atoms with Gasteiger partial charge in [0.05, 0.1) is 0 Å². The largest absolute Gasteiger partial charge is 0.396 e. The number of hydrogen-bond donors (Lipinski definition) is 2. The van der Waals surface area contributed by atoms with E-state index in [1.54, 1.807) is 0 Å². The minimum absolute atomic E-state index is 0.0752. The van der Waals surface area contributed by atoms with Gasteiger partial charge >= 0.3 is 0 Å². The molecule has 0 spiro atoms. The van der Waals surface area contributed by atoms with Gasteiger partial charge in [0.2, 0.25) is 0 Å². The van der Waals surface area contributed by atoms with Gasteiger partial charge in [0, 0.05) is 36.7 Å². The second kappa shape index (κ2) is 7.57. The highest BCUT2D eigenvalue weighted by Gasteiger charge is 2.28. The predicted octanol–water partition coefficient (Wildman–Crippen LogP) is 2.41. The number of carbonyl (C=O) groups is 1. The monoisotopic (exact) mass is 328 g/mol. The van der Waals surface area contributed by atoms with E-state index < -0.39 is 0 Å². The molecule has 1 aromatic carbocycles. The smallest absolute Gasteiger partial charge is 0.254 e. The van der Waals surface area contributed by atoms with Gasteiger partial charge in [-0.05, 0) is 37.8 Å². The van der Waals surface area contributed by atoms with Crippen molar-refractivity contribution in [3.05, 3.63) is 35.7 Å². The van der Waals surface area contributed by atoms with E-state index in [4.69, 9.17) is 5.11 Å². The summed E-state index contributed by atoms with van der Waals surface area (Å²) in [6.45, 7) is 3.01. The zero-order valence-electron chi connectivity index (χ0n) is 14.0. The highest BCUT2D eigenvalue weighted by atomic mass is 16.3. The van der Waals surface area contributed by atoms with Gasteiger partial charge in [-0.2, -0.15) is 5.10 Å². The molecule has 1 fully saturated rings. The number of likely N-dealkylation sites (tertiary alicyclic amines) is 1. The van der Waals surface area contributed by atoms with Crippen molar-refractivity contribution >= 4 is 5.91 Å². The minimum Gasteiger partial charge on any atom is -0.396 e. The molecule has 2 heterocycles. The van der Waals surface area contributed by atoms with E-state index in [9.17, 15) is 4.79 Å². The standard InChI is InChI=1S/C18H24N4O2/c1-2-16-19-17(21-20-16)13-7-9-14(10-8-13)18(24)22-11-3-5-15(22)6-4-12-23/h7-10,15,23H,2-6,11-12H2,1H3,(H,19,20,21). The molecule has 1 aliphatic rings. The summed E-state index contributed by atoms with van der Waals surface area (Å²) in [5.41, 5.74) is 1.60. The Morgan fingerprint density at radius 2 is 2.17 bits per heavy atom. The Bertz CT molecular complexity index is 681. The van der Waals surface area contributed by atoms with E-state index in [1.807, 2.05) is 36.1 Å². The van der Waals surface area contributed by atoms with Crippen LogP contribution in [0, 0.1) is 0 Å². The van der Waals surface area contributed by atoms with Crippen molar-refractivity contribution in [1.82, 2.24) is 20.1 Å². The average molecular weight is 328 g/mol. The van der Waals surface area contributed by atoms with Crippen LogP contribution in [0.25, 0.3) is 11.4 Å².